The van der Waals surface area contributed by atoms with E-state index in [4.69, 9.17) is 4.74 Å². The van der Waals surface area contributed by atoms with Crippen molar-refractivity contribution in [1.29, 1.82) is 5.26 Å². The zero-order valence-corrected chi connectivity index (χ0v) is 21.1. The molecular formula is C28H31N5O4. The van der Waals surface area contributed by atoms with Gasteiger partial charge in [-0.3, -0.25) is 14.4 Å². The van der Waals surface area contributed by atoms with Crippen molar-refractivity contribution >= 4 is 34.3 Å². The molecule has 0 aliphatic carbocycles. The molecule has 0 bridgehead atoms. The molecule has 3 atom stereocenters. The fraction of sp³-hybridized carbons (Fsp3) is 0.357. The van der Waals surface area contributed by atoms with Gasteiger partial charge in [0.1, 0.15) is 23.5 Å². The normalized spacial score (nSPS) is 16.3. The number of benzene rings is 2. The van der Waals surface area contributed by atoms with Gasteiger partial charge in [0.15, 0.2) is 0 Å². The van der Waals surface area contributed by atoms with Crippen LogP contribution in [0.3, 0.4) is 0 Å². The first kappa shape index (κ1) is 25.8. The summed E-state index contributed by atoms with van der Waals surface area (Å²) in [5.41, 5.74) is 2.72. The van der Waals surface area contributed by atoms with Gasteiger partial charge in [-0.2, -0.15) is 5.26 Å². The van der Waals surface area contributed by atoms with Gasteiger partial charge in [0.05, 0.1) is 13.2 Å². The fourth-order valence-corrected chi connectivity index (χ4v) is 4.78. The standard InChI is InChI=1S/C28H31N5O4/c1-16(2)11-23(33-28(36)24-14-20-22(31-24)9-6-10-25(20)37-3)27(35)30-18(15-29)12-17-13-26(34)32-21-8-5-4-7-19(17)21/h4-10,14,16-18,23,31H,11-13H2,1-3H3,(H,30,35)(H,32,34)(H,33,36). The molecule has 1 aliphatic heterocycles. The highest BCUT2D eigenvalue weighted by Crippen LogP contribution is 2.35. The Morgan fingerprint density at radius 2 is 1.95 bits per heavy atom. The third-order valence-corrected chi connectivity index (χ3v) is 6.52. The Hall–Kier alpha value is -4.32. The van der Waals surface area contributed by atoms with Crippen LogP contribution in [0.15, 0.2) is 48.5 Å². The zero-order chi connectivity index (χ0) is 26.5. The minimum absolute atomic E-state index is 0.119. The molecule has 1 aliphatic rings. The van der Waals surface area contributed by atoms with Crippen LogP contribution >= 0.6 is 0 Å². The maximum atomic E-state index is 13.3. The van der Waals surface area contributed by atoms with E-state index >= 15 is 0 Å². The first-order valence-corrected chi connectivity index (χ1v) is 12.3. The number of methoxy groups -OCH3 is 1. The molecule has 0 spiro atoms. The highest BCUT2D eigenvalue weighted by Gasteiger charge is 2.30. The van der Waals surface area contributed by atoms with Gasteiger partial charge >= 0.3 is 0 Å². The quantitative estimate of drug-likeness (QED) is 0.353. The summed E-state index contributed by atoms with van der Waals surface area (Å²) in [5, 5.41) is 19.0. The number of aromatic nitrogens is 1. The summed E-state index contributed by atoms with van der Waals surface area (Å²) < 4.78 is 5.37. The van der Waals surface area contributed by atoms with Crippen LogP contribution in [0.2, 0.25) is 0 Å². The SMILES string of the molecule is COc1cccc2[nH]c(C(=O)NC(CC(C)C)C(=O)NC(C#N)CC3CC(=O)Nc4ccccc43)cc12. The van der Waals surface area contributed by atoms with E-state index in [0.717, 1.165) is 22.2 Å². The van der Waals surface area contributed by atoms with E-state index in [-0.39, 0.29) is 30.6 Å². The van der Waals surface area contributed by atoms with Crippen LogP contribution in [-0.2, 0) is 9.59 Å². The third kappa shape index (κ3) is 5.92. The molecule has 0 saturated carbocycles. The molecule has 2 heterocycles. The summed E-state index contributed by atoms with van der Waals surface area (Å²) >= 11 is 0. The molecule has 0 saturated heterocycles. The first-order valence-electron chi connectivity index (χ1n) is 12.3. The Kier molecular flexibility index (Phi) is 7.77. The molecule has 0 radical (unpaired) electrons. The number of nitriles is 1. The van der Waals surface area contributed by atoms with Gasteiger partial charge in [0, 0.05) is 23.0 Å². The maximum absolute atomic E-state index is 13.3. The lowest BCUT2D eigenvalue weighted by molar-refractivity contribution is -0.123. The molecule has 37 heavy (non-hydrogen) atoms. The van der Waals surface area contributed by atoms with Crippen LogP contribution in [0.1, 0.15) is 55.1 Å². The summed E-state index contributed by atoms with van der Waals surface area (Å²) in [5.74, 6) is -0.422. The predicted octanol–water partition coefficient (Wildman–Crippen LogP) is 3.85. The number of carbonyl (C=O) groups is 3. The van der Waals surface area contributed by atoms with Crippen LogP contribution in [0.5, 0.6) is 5.75 Å². The number of nitrogens with one attached hydrogen (secondary N) is 4. The second-order valence-corrected chi connectivity index (χ2v) is 9.72. The van der Waals surface area contributed by atoms with E-state index in [1.807, 2.05) is 56.3 Å². The summed E-state index contributed by atoms with van der Waals surface area (Å²) in [6.07, 6.45) is 0.922. The number of para-hydroxylation sites is 1. The number of hydrogen-bond acceptors (Lipinski definition) is 5. The average Bonchev–Trinajstić information content (AvgIpc) is 3.32. The number of rotatable bonds is 9. The number of carbonyl (C=O) groups excluding carboxylic acids is 3. The summed E-state index contributed by atoms with van der Waals surface area (Å²) in [4.78, 5) is 41.6. The average molecular weight is 502 g/mol. The van der Waals surface area contributed by atoms with Crippen LogP contribution in [0, 0.1) is 17.2 Å². The van der Waals surface area contributed by atoms with E-state index in [1.165, 1.54) is 0 Å². The van der Waals surface area contributed by atoms with Crippen molar-refractivity contribution in [3.63, 3.8) is 0 Å². The molecule has 3 aromatic rings. The van der Waals surface area contributed by atoms with Gasteiger partial charge in [-0.15, -0.1) is 0 Å². The maximum Gasteiger partial charge on any atom is 0.268 e. The molecule has 0 fully saturated rings. The minimum Gasteiger partial charge on any atom is -0.496 e. The highest BCUT2D eigenvalue weighted by atomic mass is 16.5. The van der Waals surface area contributed by atoms with Crippen molar-refractivity contribution in [3.8, 4) is 11.8 Å². The van der Waals surface area contributed by atoms with E-state index in [9.17, 15) is 19.6 Å². The number of ether oxygens (including phenoxy) is 1. The third-order valence-electron chi connectivity index (χ3n) is 6.52. The smallest absolute Gasteiger partial charge is 0.268 e. The van der Waals surface area contributed by atoms with Crippen LogP contribution in [0.25, 0.3) is 10.9 Å². The van der Waals surface area contributed by atoms with E-state index in [2.05, 4.69) is 27.0 Å². The zero-order valence-electron chi connectivity index (χ0n) is 21.1. The second-order valence-electron chi connectivity index (χ2n) is 9.72. The lowest BCUT2D eigenvalue weighted by Crippen LogP contribution is -2.50. The first-order chi connectivity index (χ1) is 17.8. The number of hydrogen-bond donors (Lipinski definition) is 4. The summed E-state index contributed by atoms with van der Waals surface area (Å²) in [6, 6.07) is 15.1. The molecular weight excluding hydrogens is 470 g/mol. The number of anilines is 1. The van der Waals surface area contributed by atoms with Crippen molar-refractivity contribution < 1.29 is 19.1 Å². The fourth-order valence-electron chi connectivity index (χ4n) is 4.78. The molecule has 192 valence electrons. The van der Waals surface area contributed by atoms with Crippen LogP contribution in [-0.4, -0.2) is 41.9 Å². The molecule has 9 heteroatoms. The van der Waals surface area contributed by atoms with Crippen molar-refractivity contribution in [2.75, 3.05) is 12.4 Å². The van der Waals surface area contributed by atoms with Crippen LogP contribution < -0.4 is 20.7 Å². The number of aromatic amines is 1. The molecule has 3 unspecified atom stereocenters. The van der Waals surface area contributed by atoms with E-state index < -0.39 is 23.9 Å². The van der Waals surface area contributed by atoms with Crippen molar-refractivity contribution in [1.82, 2.24) is 15.6 Å². The van der Waals surface area contributed by atoms with Crippen molar-refractivity contribution in [3.05, 3.63) is 59.8 Å². The molecule has 3 amide bonds. The number of H-pyrrole nitrogens is 1. The molecule has 4 N–H and O–H groups in total. The van der Waals surface area contributed by atoms with Crippen molar-refractivity contribution in [2.45, 2.75) is 51.1 Å². The Bertz CT molecular complexity index is 1360. The van der Waals surface area contributed by atoms with Gasteiger partial charge in [-0.25, -0.2) is 0 Å². The van der Waals surface area contributed by atoms with Gasteiger partial charge in [0.25, 0.3) is 5.91 Å². The Morgan fingerprint density at radius 1 is 1.16 bits per heavy atom. The van der Waals surface area contributed by atoms with Gasteiger partial charge < -0.3 is 25.7 Å². The second kappa shape index (κ2) is 11.2. The lowest BCUT2D eigenvalue weighted by atomic mass is 9.85. The van der Waals surface area contributed by atoms with Gasteiger partial charge in [-0.05, 0) is 54.5 Å². The number of nitrogens with zero attached hydrogens (tertiary/aromatic N) is 1. The number of fused-ring (bicyclic) bond motifs is 2. The van der Waals surface area contributed by atoms with E-state index in [0.29, 0.717) is 17.9 Å². The summed E-state index contributed by atoms with van der Waals surface area (Å²) in [6.45, 7) is 3.92. The Morgan fingerprint density at radius 3 is 2.68 bits per heavy atom. The molecule has 4 rings (SSSR count). The topological polar surface area (TPSA) is 136 Å². The minimum atomic E-state index is -0.835. The predicted molar refractivity (Wildman–Crippen MR) is 140 cm³/mol. The lowest BCUT2D eigenvalue weighted by Gasteiger charge is -2.28. The number of amides is 3. The monoisotopic (exact) mass is 501 g/mol. The molecule has 1 aromatic heterocycles. The largest absolute Gasteiger partial charge is 0.496 e. The highest BCUT2D eigenvalue weighted by molar-refractivity contribution is 6.01. The van der Waals surface area contributed by atoms with Crippen molar-refractivity contribution in [2.24, 2.45) is 5.92 Å². The molecule has 2 aromatic carbocycles. The molecule has 9 nitrogen and oxygen atoms in total. The Labute approximate surface area is 215 Å². The van der Waals surface area contributed by atoms with E-state index in [1.54, 1.807) is 13.2 Å². The van der Waals surface area contributed by atoms with Gasteiger partial charge in [-0.1, -0.05) is 38.1 Å². The Balaban J connectivity index is 1.47. The van der Waals surface area contributed by atoms with Gasteiger partial charge in [0.2, 0.25) is 11.8 Å². The summed E-state index contributed by atoms with van der Waals surface area (Å²) in [7, 11) is 1.56. The van der Waals surface area contributed by atoms with Crippen LogP contribution in [0.4, 0.5) is 5.69 Å².